The van der Waals surface area contributed by atoms with Crippen LogP contribution in [0.2, 0.25) is 5.02 Å². The fraction of sp³-hybridized carbons (Fsp3) is 0.300. The molecule has 1 aliphatic heterocycles. The Morgan fingerprint density at radius 2 is 1.86 bits per heavy atom. The van der Waals surface area contributed by atoms with Crippen LogP contribution < -0.4 is 10.9 Å². The Bertz CT molecular complexity index is 847. The van der Waals surface area contributed by atoms with Crippen LogP contribution in [-0.4, -0.2) is 48.8 Å². The van der Waals surface area contributed by atoms with E-state index in [9.17, 15) is 14.0 Å². The highest BCUT2D eigenvalue weighted by atomic mass is 35.5. The molecular weight excluding hydrogens is 417 g/mol. The molecule has 0 bridgehead atoms. The smallest absolute Gasteiger partial charge is 0.260 e. The van der Waals surface area contributed by atoms with Crippen LogP contribution in [0.5, 0.6) is 0 Å². The van der Waals surface area contributed by atoms with Crippen molar-refractivity contribution in [1.29, 1.82) is 0 Å². The molecule has 1 heterocycles. The summed E-state index contributed by atoms with van der Waals surface area (Å²) >= 11 is 7.17. The van der Waals surface area contributed by atoms with Crippen molar-refractivity contribution < 1.29 is 18.7 Å². The maximum Gasteiger partial charge on any atom is 0.260 e. The lowest BCUT2D eigenvalue weighted by Gasteiger charge is -2.33. The molecule has 1 fully saturated rings. The molecule has 0 saturated carbocycles. The number of hydrogen-bond acceptors (Lipinski definition) is 5. The van der Waals surface area contributed by atoms with E-state index in [0.717, 1.165) is 4.90 Å². The molecule has 0 radical (unpaired) electrons. The molecule has 1 atom stereocenters. The first-order chi connectivity index (χ1) is 14.0. The molecule has 154 valence electrons. The summed E-state index contributed by atoms with van der Waals surface area (Å²) in [7, 11) is 0. The number of nitrogens with one attached hydrogen (secondary N) is 2. The highest BCUT2D eigenvalue weighted by Gasteiger charge is 2.29. The second-order valence-electron chi connectivity index (χ2n) is 6.39. The van der Waals surface area contributed by atoms with Crippen LogP contribution in [0, 0.1) is 5.82 Å². The highest BCUT2D eigenvalue weighted by Crippen LogP contribution is 2.23. The lowest BCUT2D eigenvalue weighted by molar-refractivity contribution is -0.133. The third kappa shape index (κ3) is 6.43. The number of hydrazine groups is 1. The number of hydrogen-bond donors (Lipinski definition) is 2. The molecule has 0 aliphatic carbocycles. The van der Waals surface area contributed by atoms with Crippen LogP contribution >= 0.6 is 23.4 Å². The molecule has 6 nitrogen and oxygen atoms in total. The average molecular weight is 438 g/mol. The number of rotatable bonds is 6. The van der Waals surface area contributed by atoms with E-state index < -0.39 is 17.8 Å². The van der Waals surface area contributed by atoms with E-state index >= 15 is 0 Å². The fourth-order valence-electron chi connectivity index (χ4n) is 2.96. The van der Waals surface area contributed by atoms with Gasteiger partial charge in [0, 0.05) is 23.0 Å². The minimum Gasteiger partial charge on any atom is -0.379 e. The van der Waals surface area contributed by atoms with Gasteiger partial charge in [0.2, 0.25) is 5.91 Å². The van der Waals surface area contributed by atoms with Crippen LogP contribution in [0.3, 0.4) is 0 Å². The zero-order valence-electron chi connectivity index (χ0n) is 15.6. The molecule has 29 heavy (non-hydrogen) atoms. The van der Waals surface area contributed by atoms with Gasteiger partial charge < -0.3 is 4.74 Å². The van der Waals surface area contributed by atoms with Crippen molar-refractivity contribution in [3.8, 4) is 0 Å². The molecule has 2 aromatic carbocycles. The standard InChI is InChI=1S/C20H21ClFN3O3S/c21-15-4-6-17(7-5-15)29-13-18(26)23-24-20(27)19(25-8-10-28-11-9-25)14-2-1-3-16(22)12-14/h1-7,12,19H,8-11,13H2,(H,23,26)(H,24,27)/t19-/m1/s1. The van der Waals surface area contributed by atoms with Crippen molar-refractivity contribution in [2.75, 3.05) is 32.1 Å². The van der Waals surface area contributed by atoms with Gasteiger partial charge in [-0.25, -0.2) is 4.39 Å². The highest BCUT2D eigenvalue weighted by molar-refractivity contribution is 8.00. The monoisotopic (exact) mass is 437 g/mol. The topological polar surface area (TPSA) is 70.7 Å². The van der Waals surface area contributed by atoms with E-state index in [1.165, 1.54) is 23.9 Å². The largest absolute Gasteiger partial charge is 0.379 e. The van der Waals surface area contributed by atoms with Gasteiger partial charge in [-0.1, -0.05) is 23.7 Å². The predicted molar refractivity (Wildman–Crippen MR) is 110 cm³/mol. The molecule has 2 N–H and O–H groups in total. The first kappa shape index (κ1) is 21.6. The summed E-state index contributed by atoms with van der Waals surface area (Å²) in [6.45, 7) is 2.05. The Morgan fingerprint density at radius 1 is 1.14 bits per heavy atom. The average Bonchev–Trinajstić information content (AvgIpc) is 2.73. The van der Waals surface area contributed by atoms with Crippen LogP contribution in [-0.2, 0) is 14.3 Å². The van der Waals surface area contributed by atoms with Gasteiger partial charge in [0.05, 0.1) is 19.0 Å². The molecule has 1 aliphatic rings. The normalized spacial score (nSPS) is 15.5. The van der Waals surface area contributed by atoms with Gasteiger partial charge in [-0.15, -0.1) is 11.8 Å². The van der Waals surface area contributed by atoms with Crippen molar-refractivity contribution in [3.63, 3.8) is 0 Å². The first-order valence-electron chi connectivity index (χ1n) is 9.07. The summed E-state index contributed by atoms with van der Waals surface area (Å²) in [6.07, 6.45) is 0. The molecule has 0 spiro atoms. The molecule has 0 unspecified atom stereocenters. The van der Waals surface area contributed by atoms with Crippen LogP contribution in [0.25, 0.3) is 0 Å². The number of ether oxygens (including phenoxy) is 1. The van der Waals surface area contributed by atoms with Crippen LogP contribution in [0.4, 0.5) is 4.39 Å². The van der Waals surface area contributed by atoms with Crippen molar-refractivity contribution in [2.24, 2.45) is 0 Å². The van der Waals surface area contributed by atoms with E-state index in [2.05, 4.69) is 10.9 Å². The number of amides is 2. The molecule has 0 aromatic heterocycles. The third-order valence-electron chi connectivity index (χ3n) is 4.33. The van der Waals surface area contributed by atoms with Gasteiger partial charge in [0.15, 0.2) is 0 Å². The molecule has 9 heteroatoms. The minimum absolute atomic E-state index is 0.129. The maximum absolute atomic E-state index is 13.7. The Morgan fingerprint density at radius 3 is 2.55 bits per heavy atom. The molecule has 2 aromatic rings. The fourth-order valence-corrected chi connectivity index (χ4v) is 3.78. The zero-order valence-corrected chi connectivity index (χ0v) is 17.1. The summed E-state index contributed by atoms with van der Waals surface area (Å²) < 4.78 is 19.0. The van der Waals surface area contributed by atoms with E-state index in [4.69, 9.17) is 16.3 Å². The van der Waals surface area contributed by atoms with Gasteiger partial charge in [-0.05, 0) is 42.0 Å². The van der Waals surface area contributed by atoms with Gasteiger partial charge in [0.25, 0.3) is 5.91 Å². The Balaban J connectivity index is 1.58. The maximum atomic E-state index is 13.7. The van der Waals surface area contributed by atoms with Crippen molar-refractivity contribution >= 4 is 35.2 Å². The first-order valence-corrected chi connectivity index (χ1v) is 10.4. The summed E-state index contributed by atoms with van der Waals surface area (Å²) in [5, 5.41) is 0.623. The minimum atomic E-state index is -0.723. The van der Waals surface area contributed by atoms with Crippen molar-refractivity contribution in [2.45, 2.75) is 10.9 Å². The third-order valence-corrected chi connectivity index (χ3v) is 5.60. The van der Waals surface area contributed by atoms with Crippen LogP contribution in [0.15, 0.2) is 53.4 Å². The molecule has 1 saturated heterocycles. The van der Waals surface area contributed by atoms with Gasteiger partial charge in [-0.3, -0.25) is 25.3 Å². The number of carbonyl (C=O) groups excluding carboxylic acids is 2. The second-order valence-corrected chi connectivity index (χ2v) is 7.87. The number of halogens is 2. The van der Waals surface area contributed by atoms with Gasteiger partial charge in [0.1, 0.15) is 11.9 Å². The molecular formula is C20H21ClFN3O3S. The van der Waals surface area contributed by atoms with E-state index in [1.54, 1.807) is 24.3 Å². The van der Waals surface area contributed by atoms with Gasteiger partial charge in [-0.2, -0.15) is 0 Å². The number of benzene rings is 2. The summed E-state index contributed by atoms with van der Waals surface area (Å²) in [5.41, 5.74) is 5.42. The van der Waals surface area contributed by atoms with E-state index in [0.29, 0.717) is 36.9 Å². The number of morpholine rings is 1. The van der Waals surface area contributed by atoms with Crippen molar-refractivity contribution in [1.82, 2.24) is 15.8 Å². The SMILES string of the molecule is O=C(CSc1ccc(Cl)cc1)NNC(=O)[C@@H](c1cccc(F)c1)N1CCOCC1. The lowest BCUT2D eigenvalue weighted by Crippen LogP contribution is -2.50. The number of carbonyl (C=O) groups is 2. The quantitative estimate of drug-likeness (QED) is 0.537. The Kier molecular flexibility index (Phi) is 7.88. The predicted octanol–water partition coefficient (Wildman–Crippen LogP) is 2.79. The Labute approximate surface area is 177 Å². The summed E-state index contributed by atoms with van der Waals surface area (Å²) in [5.74, 6) is -1.07. The van der Waals surface area contributed by atoms with Crippen LogP contribution in [0.1, 0.15) is 11.6 Å². The summed E-state index contributed by atoms with van der Waals surface area (Å²) in [4.78, 5) is 27.7. The molecule has 2 amide bonds. The zero-order chi connectivity index (χ0) is 20.6. The lowest BCUT2D eigenvalue weighted by atomic mass is 10.0. The van der Waals surface area contributed by atoms with E-state index in [1.807, 2.05) is 17.0 Å². The van der Waals surface area contributed by atoms with E-state index in [-0.39, 0.29) is 11.7 Å². The number of nitrogens with zero attached hydrogens (tertiary/aromatic N) is 1. The summed E-state index contributed by atoms with van der Waals surface area (Å²) in [6, 6.07) is 12.3. The van der Waals surface area contributed by atoms with Crippen molar-refractivity contribution in [3.05, 3.63) is 64.9 Å². The molecule has 3 rings (SSSR count). The Hall–Kier alpha value is -2.13. The second kappa shape index (κ2) is 10.6. The number of thioether (sulfide) groups is 1. The van der Waals surface area contributed by atoms with Gasteiger partial charge >= 0.3 is 0 Å².